The summed E-state index contributed by atoms with van der Waals surface area (Å²) in [5.41, 5.74) is -0.254. The van der Waals surface area contributed by atoms with Crippen molar-refractivity contribution in [2.75, 3.05) is 33.4 Å². The highest BCUT2D eigenvalue weighted by Crippen LogP contribution is 2.12. The largest absolute Gasteiger partial charge is 0.464 e. The number of carbonyl (C=O) groups excluding carboxylic acids is 1. The van der Waals surface area contributed by atoms with Gasteiger partial charge in [-0.1, -0.05) is 0 Å². The standard InChI is InChI=1S/C13H25NO4/c1-13(2,16-3)6-9-17-12(15)10-18-11-4-7-14-8-5-11/h11,14H,4-10H2,1-3H3. The van der Waals surface area contributed by atoms with Crippen molar-refractivity contribution in [3.63, 3.8) is 0 Å². The molecule has 0 unspecified atom stereocenters. The van der Waals surface area contributed by atoms with Crippen molar-refractivity contribution in [3.8, 4) is 0 Å². The Morgan fingerprint density at radius 1 is 1.33 bits per heavy atom. The molecule has 1 aliphatic heterocycles. The van der Waals surface area contributed by atoms with Crippen molar-refractivity contribution in [1.29, 1.82) is 0 Å². The van der Waals surface area contributed by atoms with Gasteiger partial charge in [0.1, 0.15) is 6.61 Å². The fraction of sp³-hybridized carbons (Fsp3) is 0.923. The minimum absolute atomic E-state index is 0.0536. The number of carbonyl (C=O) groups is 1. The molecule has 0 aromatic rings. The van der Waals surface area contributed by atoms with E-state index in [1.54, 1.807) is 7.11 Å². The Balaban J connectivity index is 2.06. The average molecular weight is 259 g/mol. The van der Waals surface area contributed by atoms with Gasteiger partial charge in [-0.25, -0.2) is 4.79 Å². The SMILES string of the molecule is COC(C)(C)CCOC(=O)COC1CCNCC1. The quantitative estimate of drug-likeness (QED) is 0.694. The van der Waals surface area contributed by atoms with Crippen LogP contribution in [0, 0.1) is 0 Å². The molecule has 1 fully saturated rings. The van der Waals surface area contributed by atoms with Gasteiger partial charge in [-0.15, -0.1) is 0 Å². The summed E-state index contributed by atoms with van der Waals surface area (Å²) in [5, 5.41) is 3.25. The zero-order valence-corrected chi connectivity index (χ0v) is 11.7. The van der Waals surface area contributed by atoms with E-state index in [1.165, 1.54) is 0 Å². The molecule has 0 spiro atoms. The second-order valence-electron chi connectivity index (χ2n) is 5.19. The van der Waals surface area contributed by atoms with Gasteiger partial charge in [0, 0.05) is 13.5 Å². The molecule has 0 aromatic heterocycles. The predicted molar refractivity (Wildman–Crippen MR) is 68.5 cm³/mol. The predicted octanol–water partition coefficient (Wildman–Crippen LogP) is 1.11. The smallest absolute Gasteiger partial charge is 0.332 e. The Morgan fingerprint density at radius 3 is 2.61 bits per heavy atom. The van der Waals surface area contributed by atoms with Crippen LogP contribution in [0.3, 0.4) is 0 Å². The van der Waals surface area contributed by atoms with E-state index < -0.39 is 0 Å². The normalized spacial score (nSPS) is 17.7. The molecule has 0 aromatic carbocycles. The van der Waals surface area contributed by atoms with E-state index in [0.29, 0.717) is 13.0 Å². The molecule has 5 nitrogen and oxygen atoms in total. The van der Waals surface area contributed by atoms with Gasteiger partial charge in [0.15, 0.2) is 0 Å². The molecule has 5 heteroatoms. The number of methoxy groups -OCH3 is 1. The molecule has 1 N–H and O–H groups in total. The maximum absolute atomic E-state index is 11.5. The Morgan fingerprint density at radius 2 is 2.00 bits per heavy atom. The molecule has 1 aliphatic rings. The van der Waals surface area contributed by atoms with Crippen LogP contribution in [0.4, 0.5) is 0 Å². The Bertz CT molecular complexity index is 249. The van der Waals surface area contributed by atoms with Gasteiger partial charge >= 0.3 is 5.97 Å². The third-order valence-electron chi connectivity index (χ3n) is 3.24. The molecule has 1 rings (SSSR count). The highest BCUT2D eigenvalue weighted by molar-refractivity contribution is 5.70. The molecule has 0 aliphatic carbocycles. The Hall–Kier alpha value is -0.650. The molecular weight excluding hydrogens is 234 g/mol. The number of ether oxygens (including phenoxy) is 3. The van der Waals surface area contributed by atoms with E-state index in [0.717, 1.165) is 25.9 Å². The first-order valence-corrected chi connectivity index (χ1v) is 6.56. The first kappa shape index (κ1) is 15.4. The second kappa shape index (κ2) is 7.71. The van der Waals surface area contributed by atoms with Gasteiger partial charge < -0.3 is 19.5 Å². The summed E-state index contributed by atoms with van der Waals surface area (Å²) in [7, 11) is 1.65. The maximum Gasteiger partial charge on any atom is 0.332 e. The molecule has 106 valence electrons. The summed E-state index contributed by atoms with van der Waals surface area (Å²) in [6, 6.07) is 0. The number of rotatable bonds is 7. The first-order valence-electron chi connectivity index (χ1n) is 6.56. The van der Waals surface area contributed by atoms with Gasteiger partial charge in [-0.05, 0) is 39.8 Å². The van der Waals surface area contributed by atoms with Crippen molar-refractivity contribution in [2.24, 2.45) is 0 Å². The van der Waals surface area contributed by atoms with Crippen molar-refractivity contribution in [1.82, 2.24) is 5.32 Å². The van der Waals surface area contributed by atoms with E-state index in [9.17, 15) is 4.79 Å². The van der Waals surface area contributed by atoms with Gasteiger partial charge in [0.2, 0.25) is 0 Å². The molecule has 0 bridgehead atoms. The minimum atomic E-state index is -0.291. The molecule has 0 saturated carbocycles. The van der Waals surface area contributed by atoms with Crippen LogP contribution >= 0.6 is 0 Å². The van der Waals surface area contributed by atoms with Crippen molar-refractivity contribution in [3.05, 3.63) is 0 Å². The van der Waals surface area contributed by atoms with E-state index in [-0.39, 0.29) is 24.3 Å². The highest BCUT2D eigenvalue weighted by atomic mass is 16.6. The zero-order valence-electron chi connectivity index (χ0n) is 11.7. The topological polar surface area (TPSA) is 56.8 Å². The summed E-state index contributed by atoms with van der Waals surface area (Å²) in [5.74, 6) is -0.291. The van der Waals surface area contributed by atoms with E-state index in [2.05, 4.69) is 5.32 Å². The fourth-order valence-electron chi connectivity index (χ4n) is 1.70. The fourth-order valence-corrected chi connectivity index (χ4v) is 1.70. The third kappa shape index (κ3) is 6.33. The van der Waals surface area contributed by atoms with Crippen LogP contribution in [0.1, 0.15) is 33.1 Å². The number of nitrogens with one attached hydrogen (secondary N) is 1. The lowest BCUT2D eigenvalue weighted by atomic mass is 10.1. The Kier molecular flexibility index (Phi) is 6.60. The minimum Gasteiger partial charge on any atom is -0.464 e. The summed E-state index contributed by atoms with van der Waals surface area (Å²) >= 11 is 0. The van der Waals surface area contributed by atoms with Gasteiger partial charge in [0.05, 0.1) is 18.3 Å². The molecule has 1 saturated heterocycles. The third-order valence-corrected chi connectivity index (χ3v) is 3.24. The van der Waals surface area contributed by atoms with Crippen LogP contribution in [-0.4, -0.2) is 51.1 Å². The van der Waals surface area contributed by atoms with Gasteiger partial charge in [0.25, 0.3) is 0 Å². The monoisotopic (exact) mass is 259 g/mol. The summed E-state index contributed by atoms with van der Waals surface area (Å²) in [6.45, 7) is 6.27. The van der Waals surface area contributed by atoms with Crippen LogP contribution in [0.15, 0.2) is 0 Å². The average Bonchev–Trinajstić information content (AvgIpc) is 2.37. The summed E-state index contributed by atoms with van der Waals surface area (Å²) in [6.07, 6.45) is 2.80. The van der Waals surface area contributed by atoms with Crippen molar-refractivity contribution >= 4 is 5.97 Å². The van der Waals surface area contributed by atoms with Crippen molar-refractivity contribution < 1.29 is 19.0 Å². The number of hydrogen-bond donors (Lipinski definition) is 1. The maximum atomic E-state index is 11.5. The van der Waals surface area contributed by atoms with Crippen LogP contribution in [0.2, 0.25) is 0 Å². The molecule has 0 radical (unpaired) electrons. The van der Waals surface area contributed by atoms with Crippen LogP contribution in [0.5, 0.6) is 0 Å². The second-order valence-corrected chi connectivity index (χ2v) is 5.19. The number of piperidine rings is 1. The summed E-state index contributed by atoms with van der Waals surface area (Å²) in [4.78, 5) is 11.5. The first-order chi connectivity index (χ1) is 8.53. The van der Waals surface area contributed by atoms with Crippen LogP contribution in [0.25, 0.3) is 0 Å². The molecule has 18 heavy (non-hydrogen) atoms. The van der Waals surface area contributed by atoms with Gasteiger partial charge in [-0.2, -0.15) is 0 Å². The lowest BCUT2D eigenvalue weighted by Gasteiger charge is -2.23. The van der Waals surface area contributed by atoms with Crippen LogP contribution in [-0.2, 0) is 19.0 Å². The lowest BCUT2D eigenvalue weighted by molar-refractivity contribution is -0.153. The molecule has 0 amide bonds. The van der Waals surface area contributed by atoms with Gasteiger partial charge in [-0.3, -0.25) is 0 Å². The molecule has 0 atom stereocenters. The van der Waals surface area contributed by atoms with E-state index in [4.69, 9.17) is 14.2 Å². The molecule has 1 heterocycles. The van der Waals surface area contributed by atoms with E-state index >= 15 is 0 Å². The van der Waals surface area contributed by atoms with Crippen LogP contribution < -0.4 is 5.32 Å². The molecular formula is C13H25NO4. The Labute approximate surface area is 109 Å². The number of esters is 1. The highest BCUT2D eigenvalue weighted by Gasteiger charge is 2.18. The number of hydrogen-bond acceptors (Lipinski definition) is 5. The van der Waals surface area contributed by atoms with Crippen molar-refractivity contribution in [2.45, 2.75) is 44.8 Å². The summed E-state index contributed by atoms with van der Waals surface area (Å²) < 4.78 is 15.9. The van der Waals surface area contributed by atoms with E-state index in [1.807, 2.05) is 13.8 Å². The zero-order chi connectivity index (χ0) is 13.4. The lowest BCUT2D eigenvalue weighted by Crippen LogP contribution is -2.34.